The van der Waals surface area contributed by atoms with E-state index >= 15 is 0 Å². The van der Waals surface area contributed by atoms with E-state index in [9.17, 15) is 19.5 Å². The topological polar surface area (TPSA) is 107 Å². The first-order valence-corrected chi connectivity index (χ1v) is 6.52. The van der Waals surface area contributed by atoms with Gasteiger partial charge in [0.05, 0.1) is 12.6 Å². The molecule has 2 atom stereocenters. The van der Waals surface area contributed by atoms with Crippen LogP contribution in [0, 0.1) is 0 Å². The van der Waals surface area contributed by atoms with Crippen LogP contribution in [0.4, 0.5) is 0 Å². The molecule has 21 heavy (non-hydrogen) atoms. The first-order chi connectivity index (χ1) is 9.99. The predicted octanol–water partition coefficient (Wildman–Crippen LogP) is -0.537. The molecule has 1 fully saturated rings. The van der Waals surface area contributed by atoms with E-state index in [1.165, 1.54) is 0 Å². The van der Waals surface area contributed by atoms with Gasteiger partial charge in [-0.3, -0.25) is 9.59 Å². The third kappa shape index (κ3) is 3.57. The lowest BCUT2D eigenvalue weighted by molar-refractivity contribution is -0.147. The highest BCUT2D eigenvalue weighted by atomic mass is 16.4. The number of carboxylic acids is 1. The molecule has 0 aliphatic carbocycles. The number of β-amino-alcohol motifs (C(OH)–C–C–N with tert-alkyl or cyclic N) is 1. The molecule has 2 rings (SSSR count). The van der Waals surface area contributed by atoms with Gasteiger partial charge in [0.25, 0.3) is 5.91 Å². The number of benzene rings is 1. The van der Waals surface area contributed by atoms with Crippen molar-refractivity contribution in [2.45, 2.75) is 18.6 Å². The van der Waals surface area contributed by atoms with Crippen molar-refractivity contribution < 1.29 is 24.6 Å². The van der Waals surface area contributed by atoms with Crippen LogP contribution in [0.25, 0.3) is 0 Å². The SMILES string of the molecule is O=C(NCC(=O)N1CC(O)CC1C(=O)O)c1ccccc1. The number of nitrogens with zero attached hydrogens (tertiary/aromatic N) is 1. The van der Waals surface area contributed by atoms with Crippen LogP contribution >= 0.6 is 0 Å². The van der Waals surface area contributed by atoms with Gasteiger partial charge in [0.15, 0.2) is 0 Å². The molecule has 1 aliphatic rings. The average molecular weight is 292 g/mol. The predicted molar refractivity (Wildman–Crippen MR) is 72.5 cm³/mol. The second-order valence-corrected chi connectivity index (χ2v) is 4.84. The lowest BCUT2D eigenvalue weighted by atomic mass is 10.2. The fourth-order valence-electron chi connectivity index (χ4n) is 2.27. The molecule has 7 heteroatoms. The highest BCUT2D eigenvalue weighted by molar-refractivity contribution is 5.96. The van der Waals surface area contributed by atoms with Crippen LogP contribution in [-0.2, 0) is 9.59 Å². The van der Waals surface area contributed by atoms with Gasteiger partial charge < -0.3 is 20.4 Å². The van der Waals surface area contributed by atoms with E-state index in [4.69, 9.17) is 5.11 Å². The Morgan fingerprint density at radius 3 is 2.52 bits per heavy atom. The van der Waals surface area contributed by atoms with E-state index in [0.29, 0.717) is 5.56 Å². The third-order valence-electron chi connectivity index (χ3n) is 3.32. The van der Waals surface area contributed by atoms with Gasteiger partial charge in [-0.05, 0) is 12.1 Å². The molecule has 7 nitrogen and oxygen atoms in total. The molecule has 0 spiro atoms. The zero-order valence-corrected chi connectivity index (χ0v) is 11.2. The molecule has 1 aromatic carbocycles. The lowest BCUT2D eigenvalue weighted by Gasteiger charge is -2.21. The van der Waals surface area contributed by atoms with Crippen LogP contribution in [0.2, 0.25) is 0 Å². The minimum absolute atomic E-state index is 0.00764. The summed E-state index contributed by atoms with van der Waals surface area (Å²) in [6, 6.07) is 7.35. The monoisotopic (exact) mass is 292 g/mol. The van der Waals surface area contributed by atoms with Crippen LogP contribution < -0.4 is 5.32 Å². The summed E-state index contributed by atoms with van der Waals surface area (Å²) >= 11 is 0. The molecule has 112 valence electrons. The van der Waals surface area contributed by atoms with E-state index in [0.717, 1.165) is 4.90 Å². The van der Waals surface area contributed by atoms with Crippen molar-refractivity contribution in [2.24, 2.45) is 0 Å². The molecule has 1 heterocycles. The van der Waals surface area contributed by atoms with E-state index in [1.807, 2.05) is 0 Å². The quantitative estimate of drug-likeness (QED) is 0.691. The van der Waals surface area contributed by atoms with Crippen molar-refractivity contribution in [3.63, 3.8) is 0 Å². The first kappa shape index (κ1) is 15.0. The Morgan fingerprint density at radius 1 is 1.24 bits per heavy atom. The molecular formula is C14H16N2O5. The number of rotatable bonds is 4. The van der Waals surface area contributed by atoms with Crippen molar-refractivity contribution in [3.8, 4) is 0 Å². The van der Waals surface area contributed by atoms with Crippen LogP contribution in [0.3, 0.4) is 0 Å². The second kappa shape index (κ2) is 6.36. The van der Waals surface area contributed by atoms with Crippen LogP contribution in [0.5, 0.6) is 0 Å². The first-order valence-electron chi connectivity index (χ1n) is 6.52. The standard InChI is InChI=1S/C14H16N2O5/c17-10-6-11(14(20)21)16(8-10)12(18)7-15-13(19)9-4-2-1-3-5-9/h1-5,10-11,17H,6-8H2,(H,15,19)(H,20,21). The van der Waals surface area contributed by atoms with E-state index in [1.54, 1.807) is 30.3 Å². The van der Waals surface area contributed by atoms with Gasteiger partial charge in [-0.1, -0.05) is 18.2 Å². The maximum absolute atomic E-state index is 12.0. The van der Waals surface area contributed by atoms with Crippen molar-refractivity contribution in [1.29, 1.82) is 0 Å². The fraction of sp³-hybridized carbons (Fsp3) is 0.357. The Hall–Kier alpha value is -2.41. The number of carboxylic acid groups (broad SMARTS) is 1. The molecule has 0 radical (unpaired) electrons. The van der Waals surface area contributed by atoms with Crippen molar-refractivity contribution in [2.75, 3.05) is 13.1 Å². The van der Waals surface area contributed by atoms with E-state index in [2.05, 4.69) is 5.32 Å². The summed E-state index contributed by atoms with van der Waals surface area (Å²) in [5.74, 6) is -2.09. The molecule has 2 amide bonds. The number of hydrogen-bond donors (Lipinski definition) is 3. The summed E-state index contributed by atoms with van der Waals surface area (Å²) in [5.41, 5.74) is 0.418. The van der Waals surface area contributed by atoms with Gasteiger partial charge in [0.2, 0.25) is 5.91 Å². The van der Waals surface area contributed by atoms with Gasteiger partial charge in [-0.2, -0.15) is 0 Å². The molecule has 0 bridgehead atoms. The Bertz CT molecular complexity index is 546. The maximum Gasteiger partial charge on any atom is 0.326 e. The number of carbonyl (C=O) groups is 3. The third-order valence-corrected chi connectivity index (χ3v) is 3.32. The smallest absolute Gasteiger partial charge is 0.326 e. The maximum atomic E-state index is 12.0. The number of aliphatic hydroxyl groups excluding tert-OH is 1. The minimum atomic E-state index is -1.16. The fourth-order valence-corrected chi connectivity index (χ4v) is 2.27. The van der Waals surface area contributed by atoms with Crippen molar-refractivity contribution in [3.05, 3.63) is 35.9 Å². The number of nitrogens with one attached hydrogen (secondary N) is 1. The van der Waals surface area contributed by atoms with Crippen LogP contribution in [0.1, 0.15) is 16.8 Å². The van der Waals surface area contributed by atoms with Gasteiger partial charge in [-0.25, -0.2) is 4.79 Å². The molecule has 3 N–H and O–H groups in total. The van der Waals surface area contributed by atoms with Gasteiger partial charge in [0, 0.05) is 18.5 Å². The summed E-state index contributed by atoms with van der Waals surface area (Å²) in [6.45, 7) is -0.332. The Balaban J connectivity index is 1.92. The summed E-state index contributed by atoms with van der Waals surface area (Å²) in [5, 5.41) is 20.9. The molecule has 2 unspecified atom stereocenters. The molecule has 1 aliphatic heterocycles. The van der Waals surface area contributed by atoms with E-state index < -0.39 is 29.9 Å². The Kier molecular flexibility index (Phi) is 4.54. The summed E-state index contributed by atoms with van der Waals surface area (Å²) in [6.07, 6.45) is -0.840. The number of amides is 2. The minimum Gasteiger partial charge on any atom is -0.480 e. The summed E-state index contributed by atoms with van der Waals surface area (Å²) in [7, 11) is 0. The van der Waals surface area contributed by atoms with Crippen molar-refractivity contribution >= 4 is 17.8 Å². The lowest BCUT2D eigenvalue weighted by Crippen LogP contribution is -2.45. The zero-order valence-electron chi connectivity index (χ0n) is 11.2. The number of hydrogen-bond acceptors (Lipinski definition) is 4. The van der Waals surface area contributed by atoms with Crippen molar-refractivity contribution in [1.82, 2.24) is 10.2 Å². The molecule has 0 saturated carbocycles. The van der Waals surface area contributed by atoms with Gasteiger partial charge in [-0.15, -0.1) is 0 Å². The van der Waals surface area contributed by atoms with E-state index in [-0.39, 0.29) is 19.5 Å². The van der Waals surface area contributed by atoms with Crippen LogP contribution in [-0.4, -0.2) is 58.1 Å². The number of aliphatic hydroxyl groups is 1. The molecule has 1 aromatic rings. The highest BCUT2D eigenvalue weighted by Gasteiger charge is 2.38. The highest BCUT2D eigenvalue weighted by Crippen LogP contribution is 2.18. The molecular weight excluding hydrogens is 276 g/mol. The average Bonchev–Trinajstić information content (AvgIpc) is 2.87. The number of aliphatic carboxylic acids is 1. The second-order valence-electron chi connectivity index (χ2n) is 4.84. The Labute approximate surface area is 121 Å². The Morgan fingerprint density at radius 2 is 1.90 bits per heavy atom. The largest absolute Gasteiger partial charge is 0.480 e. The van der Waals surface area contributed by atoms with Gasteiger partial charge in [0.1, 0.15) is 6.04 Å². The summed E-state index contributed by atoms with van der Waals surface area (Å²) < 4.78 is 0. The summed E-state index contributed by atoms with van der Waals surface area (Å²) in [4.78, 5) is 35.9. The zero-order chi connectivity index (χ0) is 15.4. The van der Waals surface area contributed by atoms with Gasteiger partial charge >= 0.3 is 5.97 Å². The van der Waals surface area contributed by atoms with Crippen LogP contribution in [0.15, 0.2) is 30.3 Å². The molecule has 0 aromatic heterocycles. The normalized spacial score (nSPS) is 21.1. The molecule has 1 saturated heterocycles. The number of likely N-dealkylation sites (tertiary alicyclic amines) is 1. The number of carbonyl (C=O) groups excluding carboxylic acids is 2.